The van der Waals surface area contributed by atoms with Crippen molar-refractivity contribution < 1.29 is 46.1 Å². The molecule has 0 saturated carbocycles. The summed E-state index contributed by atoms with van der Waals surface area (Å²) in [5.74, 6) is -2.99. The van der Waals surface area contributed by atoms with Crippen LogP contribution in [0.5, 0.6) is 11.5 Å². The number of sulfone groups is 2. The minimum absolute atomic E-state index is 0.00968. The molecule has 0 aliphatic carbocycles. The summed E-state index contributed by atoms with van der Waals surface area (Å²) >= 11 is 0. The molecule has 1 aromatic carbocycles. The highest BCUT2D eigenvalue weighted by Gasteiger charge is 2.35. The molecule has 12 heteroatoms. The Hall–Kier alpha value is -3.12. The van der Waals surface area contributed by atoms with Crippen LogP contribution in [0.1, 0.15) is 51.7 Å². The van der Waals surface area contributed by atoms with Crippen LogP contribution in [0.4, 0.5) is 0 Å². The van der Waals surface area contributed by atoms with Crippen LogP contribution in [0.15, 0.2) is 24.0 Å². The van der Waals surface area contributed by atoms with Gasteiger partial charge in [0, 0.05) is 43.2 Å². The maximum atomic E-state index is 12.4. The molecule has 0 heterocycles. The van der Waals surface area contributed by atoms with Crippen molar-refractivity contribution in [2.24, 2.45) is 0 Å². The Morgan fingerprint density at radius 3 is 1.29 bits per heavy atom. The van der Waals surface area contributed by atoms with E-state index in [4.69, 9.17) is 9.47 Å². The highest BCUT2D eigenvalue weighted by Crippen LogP contribution is 2.36. The molecule has 0 atom stereocenters. The second-order valence-corrected chi connectivity index (χ2v) is 14.2. The number of hydrogen-bond acceptors (Lipinski definition) is 10. The van der Waals surface area contributed by atoms with Crippen molar-refractivity contribution in [2.75, 3.05) is 24.7 Å². The van der Waals surface area contributed by atoms with E-state index < -0.39 is 53.9 Å². The molecule has 10 nitrogen and oxygen atoms in total. The smallest absolute Gasteiger partial charge is 0.306 e. The maximum absolute atomic E-state index is 12.4. The number of phenols is 2. The maximum Gasteiger partial charge on any atom is 0.306 e. The van der Waals surface area contributed by atoms with Crippen LogP contribution in [0.25, 0.3) is 13.2 Å². The van der Waals surface area contributed by atoms with E-state index in [1.165, 1.54) is 0 Å². The Kier molecular flexibility index (Phi) is 10.5. The molecule has 0 aromatic heterocycles. The normalized spacial score (nSPS) is 12.5. The lowest BCUT2D eigenvalue weighted by molar-refractivity contribution is -0.145. The van der Waals surface area contributed by atoms with Crippen molar-refractivity contribution in [1.82, 2.24) is 0 Å². The van der Waals surface area contributed by atoms with Crippen molar-refractivity contribution >= 4 is 44.8 Å². The van der Waals surface area contributed by atoms with Gasteiger partial charge in [0.1, 0.15) is 24.7 Å². The van der Waals surface area contributed by atoms with Gasteiger partial charge in [-0.25, -0.2) is 16.8 Å². The van der Waals surface area contributed by atoms with Gasteiger partial charge in [0.05, 0.1) is 24.3 Å². The first-order chi connectivity index (χ1) is 17.2. The molecule has 0 bridgehead atoms. The van der Waals surface area contributed by atoms with Crippen molar-refractivity contribution in [3.63, 3.8) is 0 Å². The molecule has 0 fully saturated rings. The molecule has 0 unspecified atom stereocenters. The summed E-state index contributed by atoms with van der Waals surface area (Å²) in [5, 5.41) is 23.7. The van der Waals surface area contributed by atoms with Crippen molar-refractivity contribution in [3.8, 4) is 11.5 Å². The molecule has 38 heavy (non-hydrogen) atoms. The Bertz CT molecular complexity index is 1310. The molecule has 0 radical (unpaired) electrons. The van der Waals surface area contributed by atoms with Crippen molar-refractivity contribution in [2.45, 2.75) is 51.4 Å². The summed E-state index contributed by atoms with van der Waals surface area (Å²) in [6.45, 7) is 19.8. The summed E-state index contributed by atoms with van der Waals surface area (Å²) in [7, 11) is -7.09. The molecule has 1 rings (SSSR count). The van der Waals surface area contributed by atoms with Crippen molar-refractivity contribution in [1.29, 1.82) is 0 Å². The van der Waals surface area contributed by atoms with E-state index in [0.717, 1.165) is 10.8 Å². The molecule has 0 aliphatic heterocycles. The zero-order valence-electron chi connectivity index (χ0n) is 22.2. The minimum atomic E-state index is -3.54. The standard InChI is InChI=1S/C26H36O10S2/c1-9-37(31,32)13-11-35-19(27)15-25(5,6)21-17(3)24(30)22(18(4)23(21)29)26(7,8)16-20(28)36-12-14-38(33,34)10-2/h9-10,29-30H,1-4,11-16H2,5-8H3. The lowest BCUT2D eigenvalue weighted by Gasteiger charge is -2.31. The predicted molar refractivity (Wildman–Crippen MR) is 145 cm³/mol. The topological polar surface area (TPSA) is 161 Å². The number of phenolic OH excluding ortho intramolecular Hbond substituents is 2. The molecule has 1 aromatic rings. The predicted octanol–water partition coefficient (Wildman–Crippen LogP) is 1.46. The molecule has 0 spiro atoms. The van der Waals surface area contributed by atoms with E-state index in [-0.39, 0.29) is 59.1 Å². The van der Waals surface area contributed by atoms with Crippen LogP contribution in [0, 0.1) is 0 Å². The first-order valence-corrected chi connectivity index (χ1v) is 14.9. The second kappa shape index (κ2) is 12.2. The fraction of sp³-hybridized carbons (Fsp3) is 0.462. The Labute approximate surface area is 223 Å². The molecular formula is C26H36O10S2. The van der Waals surface area contributed by atoms with Gasteiger partial charge in [-0.05, 0) is 0 Å². The largest absolute Gasteiger partial charge is 0.507 e. The summed E-state index contributed by atoms with van der Waals surface area (Å²) in [6, 6.07) is 0. The number of rotatable bonds is 14. The summed E-state index contributed by atoms with van der Waals surface area (Å²) in [5.41, 5.74) is -1.96. The van der Waals surface area contributed by atoms with Gasteiger partial charge < -0.3 is 19.7 Å². The van der Waals surface area contributed by atoms with Crippen LogP contribution in [0.2, 0.25) is 0 Å². The van der Waals surface area contributed by atoms with Crippen LogP contribution in [-0.4, -0.2) is 63.7 Å². The lowest BCUT2D eigenvalue weighted by atomic mass is 9.74. The summed E-state index contributed by atoms with van der Waals surface area (Å²) < 4.78 is 56.0. The van der Waals surface area contributed by atoms with Gasteiger partial charge >= 0.3 is 11.9 Å². The van der Waals surface area contributed by atoms with Gasteiger partial charge in [0.15, 0.2) is 19.7 Å². The van der Waals surface area contributed by atoms with Gasteiger partial charge in [0.2, 0.25) is 0 Å². The van der Waals surface area contributed by atoms with Gasteiger partial charge in [-0.15, -0.1) is 0 Å². The summed E-state index contributed by atoms with van der Waals surface area (Å²) in [4.78, 5) is 24.8. The first kappa shape index (κ1) is 32.9. The van der Waals surface area contributed by atoms with E-state index in [9.17, 15) is 36.6 Å². The molecule has 0 aliphatic rings. The van der Waals surface area contributed by atoms with Crippen LogP contribution in [-0.2, 0) is 49.6 Å². The molecule has 2 N–H and O–H groups in total. The highest BCUT2D eigenvalue weighted by molar-refractivity contribution is 7.94. The van der Waals surface area contributed by atoms with Gasteiger partial charge in [-0.2, -0.15) is 0 Å². The molecule has 212 valence electrons. The van der Waals surface area contributed by atoms with E-state index in [0.29, 0.717) is 0 Å². The Balaban J connectivity index is 3.22. The first-order valence-electron chi connectivity index (χ1n) is 11.5. The Morgan fingerprint density at radius 1 is 0.737 bits per heavy atom. The highest BCUT2D eigenvalue weighted by atomic mass is 32.2. The number of aromatic hydroxyl groups is 2. The van der Waals surface area contributed by atoms with Crippen molar-refractivity contribution in [3.05, 3.63) is 45.5 Å². The molecule has 0 saturated heterocycles. The van der Waals surface area contributed by atoms with E-state index >= 15 is 0 Å². The number of esters is 2. The zero-order valence-corrected chi connectivity index (χ0v) is 23.8. The van der Waals surface area contributed by atoms with Crippen LogP contribution < -0.4 is 10.4 Å². The number of benzene rings is 1. The quantitative estimate of drug-likeness (QED) is 0.247. The molecular weight excluding hydrogens is 536 g/mol. The fourth-order valence-corrected chi connectivity index (χ4v) is 4.96. The number of carbonyl (C=O) groups excluding carboxylic acids is 2. The van der Waals surface area contributed by atoms with Crippen LogP contribution in [0.3, 0.4) is 0 Å². The monoisotopic (exact) mass is 572 g/mol. The zero-order chi connectivity index (χ0) is 29.7. The van der Waals surface area contributed by atoms with Gasteiger partial charge in [-0.1, -0.05) is 54.0 Å². The molecule has 0 amide bonds. The number of hydrogen-bond donors (Lipinski definition) is 2. The third-order valence-electron chi connectivity index (χ3n) is 5.94. The van der Waals surface area contributed by atoms with Gasteiger partial charge in [-0.3, -0.25) is 9.59 Å². The number of ether oxygens (including phenoxy) is 2. The average Bonchev–Trinajstić information content (AvgIpc) is 2.76. The third kappa shape index (κ3) is 8.45. The Morgan fingerprint density at radius 2 is 1.03 bits per heavy atom. The number of carbonyl (C=O) groups is 2. The minimum Gasteiger partial charge on any atom is -0.507 e. The van der Waals surface area contributed by atoms with Crippen LogP contribution >= 0.6 is 0 Å². The lowest BCUT2D eigenvalue weighted by Crippen LogP contribution is -2.36. The van der Waals surface area contributed by atoms with E-state index in [1.54, 1.807) is 27.7 Å². The van der Waals surface area contributed by atoms with Gasteiger partial charge in [0.25, 0.3) is 0 Å². The SMILES string of the molecule is C=CS(=O)(=O)CCOC(=O)CC(C)(C)c1c(O)c(=C)c(C(C)(C)CC(=O)OCCS(=O)(=O)C=C)c(O)c1=C. The average molecular weight is 573 g/mol. The third-order valence-corrected chi connectivity index (χ3v) is 8.43. The fourth-order valence-electron chi connectivity index (χ4n) is 3.99. The second-order valence-electron chi connectivity index (χ2n) is 10.0. The van der Waals surface area contributed by atoms with E-state index in [1.807, 2.05) is 0 Å². The summed E-state index contributed by atoms with van der Waals surface area (Å²) in [6.07, 6.45) is -0.558. The van der Waals surface area contributed by atoms with E-state index in [2.05, 4.69) is 26.3 Å².